The largest absolute Gasteiger partial charge is 0.481 e. The van der Waals surface area contributed by atoms with Crippen LogP contribution in [-0.4, -0.2) is 25.2 Å². The van der Waals surface area contributed by atoms with Gasteiger partial charge >= 0.3 is 5.97 Å². The van der Waals surface area contributed by atoms with Crippen LogP contribution in [0.15, 0.2) is 12.1 Å². The maximum absolute atomic E-state index is 13.7. The van der Waals surface area contributed by atoms with Gasteiger partial charge in [-0.3, -0.25) is 4.79 Å². The SMILES string of the molecule is CN(C)c1c(F)ccc(F)c1C(N)CCC(=O)O. The number of nitrogens with zero attached hydrogens (tertiary/aromatic N) is 1. The number of carboxylic acid groups (broad SMARTS) is 1. The molecule has 0 aliphatic heterocycles. The van der Waals surface area contributed by atoms with Crippen molar-refractivity contribution in [1.29, 1.82) is 0 Å². The highest BCUT2D eigenvalue weighted by molar-refractivity contribution is 5.67. The van der Waals surface area contributed by atoms with Crippen molar-refractivity contribution in [3.8, 4) is 0 Å². The third-order valence-electron chi connectivity index (χ3n) is 2.60. The zero-order valence-electron chi connectivity index (χ0n) is 10.3. The van der Waals surface area contributed by atoms with E-state index in [1.165, 1.54) is 4.90 Å². The maximum Gasteiger partial charge on any atom is 0.303 e. The molecule has 3 N–H and O–H groups in total. The van der Waals surface area contributed by atoms with E-state index in [1.54, 1.807) is 14.1 Å². The fourth-order valence-corrected chi connectivity index (χ4v) is 1.79. The van der Waals surface area contributed by atoms with E-state index in [4.69, 9.17) is 10.8 Å². The Morgan fingerprint density at radius 2 is 1.94 bits per heavy atom. The summed E-state index contributed by atoms with van der Waals surface area (Å²) in [6, 6.07) is 1.17. The van der Waals surface area contributed by atoms with E-state index in [1.807, 2.05) is 0 Å². The lowest BCUT2D eigenvalue weighted by Gasteiger charge is -2.22. The van der Waals surface area contributed by atoms with Crippen molar-refractivity contribution in [3.05, 3.63) is 29.3 Å². The molecule has 100 valence electrons. The van der Waals surface area contributed by atoms with Gasteiger partial charge in [-0.25, -0.2) is 8.78 Å². The first-order valence-corrected chi connectivity index (χ1v) is 5.47. The maximum atomic E-state index is 13.7. The van der Waals surface area contributed by atoms with Gasteiger partial charge in [0.1, 0.15) is 11.6 Å². The number of benzene rings is 1. The lowest BCUT2D eigenvalue weighted by atomic mass is 9.99. The molecular weight excluding hydrogens is 242 g/mol. The van der Waals surface area contributed by atoms with Crippen molar-refractivity contribution >= 4 is 11.7 Å². The topological polar surface area (TPSA) is 66.6 Å². The van der Waals surface area contributed by atoms with E-state index in [0.717, 1.165) is 12.1 Å². The summed E-state index contributed by atoms with van der Waals surface area (Å²) in [5, 5.41) is 8.58. The minimum Gasteiger partial charge on any atom is -0.481 e. The number of rotatable bonds is 5. The monoisotopic (exact) mass is 258 g/mol. The van der Waals surface area contributed by atoms with Crippen LogP contribution in [-0.2, 0) is 4.79 Å². The average molecular weight is 258 g/mol. The minimum atomic E-state index is -1.02. The highest BCUT2D eigenvalue weighted by Crippen LogP contribution is 2.31. The summed E-state index contributed by atoms with van der Waals surface area (Å²) in [4.78, 5) is 11.9. The summed E-state index contributed by atoms with van der Waals surface area (Å²) in [5.41, 5.74) is 5.83. The molecule has 0 spiro atoms. The molecule has 1 aromatic carbocycles. The molecule has 0 bridgehead atoms. The van der Waals surface area contributed by atoms with Crippen LogP contribution in [0.1, 0.15) is 24.4 Å². The first-order chi connectivity index (χ1) is 8.34. The van der Waals surface area contributed by atoms with Gasteiger partial charge in [-0.2, -0.15) is 0 Å². The Balaban J connectivity index is 3.13. The average Bonchev–Trinajstić information content (AvgIpc) is 2.28. The van der Waals surface area contributed by atoms with Gasteiger partial charge in [0.2, 0.25) is 0 Å². The second kappa shape index (κ2) is 5.77. The third-order valence-corrected chi connectivity index (χ3v) is 2.60. The predicted octanol–water partition coefficient (Wildman–Crippen LogP) is 1.90. The summed E-state index contributed by atoms with van der Waals surface area (Å²) >= 11 is 0. The fraction of sp³-hybridized carbons (Fsp3) is 0.417. The molecule has 0 aliphatic rings. The van der Waals surface area contributed by atoms with E-state index < -0.39 is 23.6 Å². The van der Waals surface area contributed by atoms with Crippen molar-refractivity contribution in [2.24, 2.45) is 5.73 Å². The Kier molecular flexibility index (Phi) is 4.61. The second-order valence-corrected chi connectivity index (χ2v) is 4.22. The number of hydrogen-bond donors (Lipinski definition) is 2. The van der Waals surface area contributed by atoms with Crippen LogP contribution >= 0.6 is 0 Å². The molecule has 4 nitrogen and oxygen atoms in total. The first-order valence-electron chi connectivity index (χ1n) is 5.47. The summed E-state index contributed by atoms with van der Waals surface area (Å²) in [5.74, 6) is -2.23. The third kappa shape index (κ3) is 3.16. The van der Waals surface area contributed by atoms with Crippen molar-refractivity contribution in [2.45, 2.75) is 18.9 Å². The fourth-order valence-electron chi connectivity index (χ4n) is 1.79. The van der Waals surface area contributed by atoms with E-state index in [9.17, 15) is 13.6 Å². The van der Waals surface area contributed by atoms with Crippen LogP contribution in [0.25, 0.3) is 0 Å². The lowest BCUT2D eigenvalue weighted by Crippen LogP contribution is -2.21. The zero-order chi connectivity index (χ0) is 13.9. The molecule has 0 heterocycles. The standard InChI is InChI=1S/C12H16F2N2O2/c1-16(2)12-8(14)4-3-7(13)11(12)9(15)5-6-10(17)18/h3-4,9H,5-6,15H2,1-2H3,(H,17,18). The van der Waals surface area contributed by atoms with E-state index >= 15 is 0 Å². The molecule has 18 heavy (non-hydrogen) atoms. The van der Waals surface area contributed by atoms with Gasteiger partial charge in [0.15, 0.2) is 0 Å². The Morgan fingerprint density at radius 1 is 1.39 bits per heavy atom. The van der Waals surface area contributed by atoms with Gasteiger partial charge < -0.3 is 15.7 Å². The van der Waals surface area contributed by atoms with Gasteiger partial charge in [-0.1, -0.05) is 0 Å². The Labute approximate surface area is 104 Å². The summed E-state index contributed by atoms with van der Waals surface area (Å²) in [6.07, 6.45) is -0.138. The molecule has 1 aromatic rings. The van der Waals surface area contributed by atoms with Gasteiger partial charge in [-0.15, -0.1) is 0 Å². The number of carbonyl (C=O) groups is 1. The van der Waals surface area contributed by atoms with Crippen LogP contribution in [0.2, 0.25) is 0 Å². The van der Waals surface area contributed by atoms with Crippen LogP contribution in [0.3, 0.4) is 0 Å². The van der Waals surface area contributed by atoms with Gasteiger partial charge in [0.25, 0.3) is 0 Å². The molecule has 6 heteroatoms. The molecule has 0 saturated heterocycles. The number of hydrogen-bond acceptors (Lipinski definition) is 3. The number of anilines is 1. The molecule has 0 aliphatic carbocycles. The molecule has 1 unspecified atom stereocenters. The van der Waals surface area contributed by atoms with Crippen LogP contribution in [0.5, 0.6) is 0 Å². The first kappa shape index (κ1) is 14.4. The molecule has 0 amide bonds. The minimum absolute atomic E-state index is 0.0150. The summed E-state index contributed by atoms with van der Waals surface area (Å²) in [7, 11) is 3.15. The lowest BCUT2D eigenvalue weighted by molar-refractivity contribution is -0.137. The van der Waals surface area contributed by atoms with Crippen molar-refractivity contribution in [1.82, 2.24) is 0 Å². The normalized spacial score (nSPS) is 12.3. The molecule has 0 saturated carbocycles. The van der Waals surface area contributed by atoms with E-state index in [2.05, 4.69) is 0 Å². The molecule has 1 atom stereocenters. The van der Waals surface area contributed by atoms with Crippen LogP contribution < -0.4 is 10.6 Å². The molecule has 0 radical (unpaired) electrons. The van der Waals surface area contributed by atoms with E-state index in [0.29, 0.717) is 0 Å². The van der Waals surface area contributed by atoms with Crippen molar-refractivity contribution < 1.29 is 18.7 Å². The van der Waals surface area contributed by atoms with E-state index in [-0.39, 0.29) is 24.1 Å². The highest BCUT2D eigenvalue weighted by Gasteiger charge is 2.21. The van der Waals surface area contributed by atoms with Crippen LogP contribution in [0, 0.1) is 11.6 Å². The van der Waals surface area contributed by atoms with Crippen molar-refractivity contribution in [3.63, 3.8) is 0 Å². The summed E-state index contributed by atoms with van der Waals surface area (Å²) in [6.45, 7) is 0. The number of carboxylic acids is 1. The number of aliphatic carboxylic acids is 1. The quantitative estimate of drug-likeness (QED) is 0.846. The molecule has 0 fully saturated rings. The second-order valence-electron chi connectivity index (χ2n) is 4.22. The summed E-state index contributed by atoms with van der Waals surface area (Å²) < 4.78 is 27.4. The molecule has 0 aromatic heterocycles. The van der Waals surface area contributed by atoms with Crippen molar-refractivity contribution in [2.75, 3.05) is 19.0 Å². The van der Waals surface area contributed by atoms with Gasteiger partial charge in [0, 0.05) is 32.1 Å². The molecule has 1 rings (SSSR count). The Morgan fingerprint density at radius 3 is 2.44 bits per heavy atom. The highest BCUT2D eigenvalue weighted by atomic mass is 19.1. The van der Waals surface area contributed by atoms with Crippen LogP contribution in [0.4, 0.5) is 14.5 Å². The predicted molar refractivity (Wildman–Crippen MR) is 64.5 cm³/mol. The van der Waals surface area contributed by atoms with Gasteiger partial charge in [-0.05, 0) is 18.6 Å². The number of nitrogens with two attached hydrogens (primary N) is 1. The molecular formula is C12H16F2N2O2. The Bertz CT molecular complexity index is 450. The Hall–Kier alpha value is -1.69. The number of halogens is 2. The zero-order valence-corrected chi connectivity index (χ0v) is 10.3. The van der Waals surface area contributed by atoms with Gasteiger partial charge in [0.05, 0.1) is 5.69 Å². The smallest absolute Gasteiger partial charge is 0.303 e.